The van der Waals surface area contributed by atoms with Crippen molar-refractivity contribution >= 4 is 29.1 Å². The van der Waals surface area contributed by atoms with Crippen LogP contribution in [0, 0.1) is 13.8 Å². The van der Waals surface area contributed by atoms with Crippen molar-refractivity contribution in [2.24, 2.45) is 0 Å². The van der Waals surface area contributed by atoms with E-state index in [0.29, 0.717) is 11.4 Å². The summed E-state index contributed by atoms with van der Waals surface area (Å²) in [4.78, 5) is 26.3. The lowest BCUT2D eigenvalue weighted by molar-refractivity contribution is -0.119. The molecule has 0 aliphatic carbocycles. The number of carbonyl (C=O) groups excluding carboxylic acids is 2. The molecule has 0 unspecified atom stereocenters. The largest absolute Gasteiger partial charge is 0.452 e. The molecule has 0 spiro atoms. The fourth-order valence-corrected chi connectivity index (χ4v) is 3.08. The minimum atomic E-state index is -0.739. The van der Waals surface area contributed by atoms with Gasteiger partial charge >= 0.3 is 5.97 Å². The second-order valence-electron chi connectivity index (χ2n) is 6.33. The summed E-state index contributed by atoms with van der Waals surface area (Å²) in [6.45, 7) is 5.29. The Balaban J connectivity index is 1.56. The minimum Gasteiger partial charge on any atom is -0.452 e. The Bertz CT molecular complexity index is 805. The van der Waals surface area contributed by atoms with E-state index >= 15 is 0 Å². The maximum absolute atomic E-state index is 12.0. The van der Waals surface area contributed by atoms with Crippen LogP contribution in [0.5, 0.6) is 0 Å². The highest BCUT2D eigenvalue weighted by molar-refractivity contribution is 5.98. The fraction of sp³-hybridized carbons (Fsp3) is 0.389. The number of amides is 1. The van der Waals surface area contributed by atoms with E-state index in [2.05, 4.69) is 15.4 Å². The highest BCUT2D eigenvalue weighted by atomic mass is 16.5. The number of aromatic nitrogens is 1. The third kappa shape index (κ3) is 3.79. The standard InChI is InChI=1S/C18H22N4O4/c1-11-9-13(5-6-14(11)22-7-3-4-8-22)20-15(23)10-25-18(24)16-12(2)21-26-17(16)19/h5-6,9H,3-4,7-8,10,19H2,1-2H3,(H,20,23). The van der Waals surface area contributed by atoms with Crippen LogP contribution in [0.1, 0.15) is 34.5 Å². The number of benzene rings is 1. The van der Waals surface area contributed by atoms with Crippen LogP contribution in [0.3, 0.4) is 0 Å². The first-order chi connectivity index (χ1) is 12.5. The van der Waals surface area contributed by atoms with Crippen LogP contribution in [0.15, 0.2) is 22.7 Å². The summed E-state index contributed by atoms with van der Waals surface area (Å²) < 4.78 is 9.69. The predicted octanol–water partition coefficient (Wildman–Crippen LogP) is 2.27. The summed E-state index contributed by atoms with van der Waals surface area (Å²) in [7, 11) is 0. The fourth-order valence-electron chi connectivity index (χ4n) is 3.08. The van der Waals surface area contributed by atoms with E-state index < -0.39 is 18.5 Å². The SMILES string of the molecule is Cc1cc(NC(=O)COC(=O)c2c(C)noc2N)ccc1N1CCCC1. The first-order valence-electron chi connectivity index (χ1n) is 8.50. The van der Waals surface area contributed by atoms with Gasteiger partial charge in [-0.15, -0.1) is 0 Å². The van der Waals surface area contributed by atoms with Crippen molar-refractivity contribution in [2.45, 2.75) is 26.7 Å². The lowest BCUT2D eigenvalue weighted by Crippen LogP contribution is -2.22. The summed E-state index contributed by atoms with van der Waals surface area (Å²) in [5.74, 6) is -1.29. The number of rotatable bonds is 5. The molecule has 1 amide bonds. The van der Waals surface area contributed by atoms with Gasteiger partial charge in [0, 0.05) is 24.5 Å². The Morgan fingerprint density at radius 2 is 2.04 bits per heavy atom. The number of hydrogen-bond acceptors (Lipinski definition) is 7. The van der Waals surface area contributed by atoms with Gasteiger partial charge in [0.25, 0.3) is 5.91 Å². The molecule has 3 N–H and O–H groups in total. The van der Waals surface area contributed by atoms with E-state index in [1.807, 2.05) is 25.1 Å². The zero-order chi connectivity index (χ0) is 18.7. The quantitative estimate of drug-likeness (QED) is 0.789. The number of nitrogens with two attached hydrogens (primary N) is 1. The molecule has 26 heavy (non-hydrogen) atoms. The molecule has 138 valence electrons. The van der Waals surface area contributed by atoms with E-state index in [1.54, 1.807) is 6.92 Å². The number of hydrogen-bond donors (Lipinski definition) is 2. The monoisotopic (exact) mass is 358 g/mol. The molecule has 0 bridgehead atoms. The zero-order valence-corrected chi connectivity index (χ0v) is 14.9. The van der Waals surface area contributed by atoms with Crippen LogP contribution in [0.2, 0.25) is 0 Å². The Morgan fingerprint density at radius 1 is 1.31 bits per heavy atom. The molecule has 1 aromatic heterocycles. The Hall–Kier alpha value is -3.03. The topological polar surface area (TPSA) is 111 Å². The predicted molar refractivity (Wildman–Crippen MR) is 97.2 cm³/mol. The van der Waals surface area contributed by atoms with Gasteiger partial charge in [0.15, 0.2) is 6.61 Å². The third-order valence-corrected chi connectivity index (χ3v) is 4.35. The number of carbonyl (C=O) groups is 2. The molecule has 0 radical (unpaired) electrons. The number of ether oxygens (including phenoxy) is 1. The van der Waals surface area contributed by atoms with E-state index in [-0.39, 0.29) is 11.4 Å². The van der Waals surface area contributed by atoms with Gasteiger partial charge in [-0.3, -0.25) is 4.79 Å². The molecule has 0 saturated carbocycles. The van der Waals surface area contributed by atoms with Crippen molar-refractivity contribution in [1.29, 1.82) is 0 Å². The minimum absolute atomic E-state index is 0.0450. The van der Waals surface area contributed by atoms with Crippen LogP contribution >= 0.6 is 0 Å². The van der Waals surface area contributed by atoms with Gasteiger partial charge in [-0.25, -0.2) is 4.79 Å². The van der Waals surface area contributed by atoms with Crippen molar-refractivity contribution in [3.63, 3.8) is 0 Å². The molecule has 1 aromatic carbocycles. The number of esters is 1. The Kier molecular flexibility index (Phi) is 5.11. The molecule has 1 aliphatic rings. The maximum Gasteiger partial charge on any atom is 0.346 e. The first kappa shape index (κ1) is 17.8. The lowest BCUT2D eigenvalue weighted by atomic mass is 10.1. The van der Waals surface area contributed by atoms with Crippen molar-refractivity contribution in [1.82, 2.24) is 5.16 Å². The van der Waals surface area contributed by atoms with E-state index in [4.69, 9.17) is 15.0 Å². The molecule has 1 saturated heterocycles. The van der Waals surface area contributed by atoms with Crippen molar-refractivity contribution in [3.05, 3.63) is 35.0 Å². The number of nitrogens with one attached hydrogen (secondary N) is 1. The molecule has 8 nitrogen and oxygen atoms in total. The Labute approximate surface area is 151 Å². The maximum atomic E-state index is 12.0. The number of nitrogens with zero attached hydrogens (tertiary/aromatic N) is 2. The van der Waals surface area contributed by atoms with E-state index in [9.17, 15) is 9.59 Å². The zero-order valence-electron chi connectivity index (χ0n) is 14.9. The number of aryl methyl sites for hydroxylation is 2. The third-order valence-electron chi connectivity index (χ3n) is 4.35. The summed E-state index contributed by atoms with van der Waals surface area (Å²) in [5, 5.41) is 6.30. The van der Waals surface area contributed by atoms with Crippen molar-refractivity contribution < 1.29 is 18.8 Å². The molecule has 3 rings (SSSR count). The van der Waals surface area contributed by atoms with Crippen molar-refractivity contribution in [3.8, 4) is 0 Å². The average Bonchev–Trinajstić information content (AvgIpc) is 3.23. The van der Waals surface area contributed by atoms with Crippen molar-refractivity contribution in [2.75, 3.05) is 35.6 Å². The second-order valence-corrected chi connectivity index (χ2v) is 6.33. The van der Waals surface area contributed by atoms with Gasteiger partial charge in [0.2, 0.25) is 5.88 Å². The van der Waals surface area contributed by atoms with Crippen LogP contribution in [-0.2, 0) is 9.53 Å². The van der Waals surface area contributed by atoms with Crippen LogP contribution in [0.4, 0.5) is 17.3 Å². The van der Waals surface area contributed by atoms with Crippen LogP contribution in [0.25, 0.3) is 0 Å². The van der Waals surface area contributed by atoms with Gasteiger partial charge < -0.3 is 25.2 Å². The average molecular weight is 358 g/mol. The molecule has 1 aliphatic heterocycles. The highest BCUT2D eigenvalue weighted by Gasteiger charge is 2.21. The molecular weight excluding hydrogens is 336 g/mol. The molecule has 1 fully saturated rings. The molecule has 8 heteroatoms. The summed E-state index contributed by atoms with van der Waals surface area (Å²) in [6.07, 6.45) is 2.42. The lowest BCUT2D eigenvalue weighted by Gasteiger charge is -2.20. The normalized spacial score (nSPS) is 13.7. The summed E-state index contributed by atoms with van der Waals surface area (Å²) in [6, 6.07) is 5.77. The molecular formula is C18H22N4O4. The van der Waals surface area contributed by atoms with Crippen LogP contribution < -0.4 is 16.0 Å². The smallest absolute Gasteiger partial charge is 0.346 e. The summed E-state index contributed by atoms with van der Waals surface area (Å²) in [5.41, 5.74) is 8.82. The molecule has 2 heterocycles. The van der Waals surface area contributed by atoms with Gasteiger partial charge in [-0.05, 0) is 50.5 Å². The molecule has 0 atom stereocenters. The second kappa shape index (κ2) is 7.47. The van der Waals surface area contributed by atoms with Crippen LogP contribution in [-0.4, -0.2) is 36.7 Å². The van der Waals surface area contributed by atoms with E-state index in [0.717, 1.165) is 18.7 Å². The van der Waals surface area contributed by atoms with Gasteiger partial charge in [-0.2, -0.15) is 0 Å². The van der Waals surface area contributed by atoms with E-state index in [1.165, 1.54) is 18.5 Å². The number of nitrogen functional groups attached to an aromatic ring is 1. The van der Waals surface area contributed by atoms with Gasteiger partial charge in [-0.1, -0.05) is 5.16 Å². The Morgan fingerprint density at radius 3 is 2.65 bits per heavy atom. The first-order valence-corrected chi connectivity index (χ1v) is 8.50. The number of anilines is 3. The summed E-state index contributed by atoms with van der Waals surface area (Å²) >= 11 is 0. The van der Waals surface area contributed by atoms with Gasteiger partial charge in [0.05, 0.1) is 5.69 Å². The van der Waals surface area contributed by atoms with Gasteiger partial charge in [0.1, 0.15) is 5.56 Å². The molecule has 2 aromatic rings. The highest BCUT2D eigenvalue weighted by Crippen LogP contribution is 2.26.